The third-order valence-corrected chi connectivity index (χ3v) is 2.86. The Morgan fingerprint density at radius 2 is 2.06 bits per heavy atom. The summed E-state index contributed by atoms with van der Waals surface area (Å²) in [4.78, 5) is 14.0. The van der Waals surface area contributed by atoms with Crippen LogP contribution in [0.1, 0.15) is 43.1 Å². The number of amides is 1. The maximum absolute atomic E-state index is 14.0. The van der Waals surface area contributed by atoms with Gasteiger partial charge in [-0.2, -0.15) is 0 Å². The number of nitrogens with zero attached hydrogens (tertiary/aromatic N) is 1. The molecule has 0 atom stereocenters. The van der Waals surface area contributed by atoms with Gasteiger partial charge in [0, 0.05) is 18.3 Å². The van der Waals surface area contributed by atoms with E-state index >= 15 is 0 Å². The zero-order valence-electron chi connectivity index (χ0n) is 11.5. The predicted octanol–water partition coefficient (Wildman–Crippen LogP) is 2.98. The molecule has 18 heavy (non-hydrogen) atoms. The summed E-state index contributed by atoms with van der Waals surface area (Å²) in [5, 5.41) is 0. The molecular formula is C14H21FN2O. The molecule has 2 N–H and O–H groups in total. The van der Waals surface area contributed by atoms with Crippen molar-refractivity contribution in [3.05, 3.63) is 29.1 Å². The summed E-state index contributed by atoms with van der Waals surface area (Å²) in [6.07, 6.45) is 0.840. The summed E-state index contributed by atoms with van der Waals surface area (Å²) in [7, 11) is 0. The molecule has 4 heteroatoms. The summed E-state index contributed by atoms with van der Waals surface area (Å²) in [5.74, 6) is -0.768. The average Bonchev–Trinajstić information content (AvgIpc) is 2.29. The fraction of sp³-hybridized carbons (Fsp3) is 0.500. The van der Waals surface area contributed by atoms with Gasteiger partial charge in [-0.1, -0.05) is 6.92 Å². The van der Waals surface area contributed by atoms with Crippen LogP contribution in [0, 0.1) is 12.7 Å². The monoisotopic (exact) mass is 252 g/mol. The molecule has 0 aliphatic rings. The van der Waals surface area contributed by atoms with Gasteiger partial charge in [-0.15, -0.1) is 0 Å². The van der Waals surface area contributed by atoms with Crippen molar-refractivity contribution >= 4 is 11.6 Å². The van der Waals surface area contributed by atoms with Gasteiger partial charge < -0.3 is 10.6 Å². The van der Waals surface area contributed by atoms with Crippen LogP contribution in [0.2, 0.25) is 0 Å². The molecule has 0 saturated heterocycles. The quantitative estimate of drug-likeness (QED) is 0.837. The maximum atomic E-state index is 14.0. The van der Waals surface area contributed by atoms with Gasteiger partial charge in [0.05, 0.1) is 5.56 Å². The van der Waals surface area contributed by atoms with Gasteiger partial charge in [0.25, 0.3) is 5.91 Å². The minimum Gasteiger partial charge on any atom is -0.399 e. The molecule has 1 amide bonds. The average molecular weight is 252 g/mol. The molecule has 0 aliphatic heterocycles. The van der Waals surface area contributed by atoms with Crippen molar-refractivity contribution in [3.8, 4) is 0 Å². The number of nitrogens with two attached hydrogens (primary N) is 1. The van der Waals surface area contributed by atoms with E-state index < -0.39 is 5.82 Å². The maximum Gasteiger partial charge on any atom is 0.257 e. The van der Waals surface area contributed by atoms with Crippen LogP contribution >= 0.6 is 0 Å². The first-order valence-corrected chi connectivity index (χ1v) is 6.25. The van der Waals surface area contributed by atoms with Crippen LogP contribution in [0.25, 0.3) is 0 Å². The molecule has 0 fully saturated rings. The Hall–Kier alpha value is -1.58. The Bertz CT molecular complexity index is 444. The SMILES string of the molecule is CCCN(C(=O)c1cc(N)cc(C)c1F)C(C)C. The second-order valence-corrected chi connectivity index (χ2v) is 4.79. The highest BCUT2D eigenvalue weighted by Gasteiger charge is 2.22. The predicted molar refractivity (Wildman–Crippen MR) is 72.0 cm³/mol. The highest BCUT2D eigenvalue weighted by atomic mass is 19.1. The van der Waals surface area contributed by atoms with Crippen molar-refractivity contribution in [1.29, 1.82) is 0 Å². The highest BCUT2D eigenvalue weighted by Crippen LogP contribution is 2.20. The second-order valence-electron chi connectivity index (χ2n) is 4.79. The van der Waals surface area contributed by atoms with E-state index in [1.54, 1.807) is 11.8 Å². The molecular weight excluding hydrogens is 231 g/mol. The Labute approximate surface area is 108 Å². The van der Waals surface area contributed by atoms with Crippen molar-refractivity contribution in [2.24, 2.45) is 0 Å². The molecule has 3 nitrogen and oxygen atoms in total. The van der Waals surface area contributed by atoms with Gasteiger partial charge in [-0.05, 0) is 44.9 Å². The summed E-state index contributed by atoms with van der Waals surface area (Å²) >= 11 is 0. The van der Waals surface area contributed by atoms with E-state index in [-0.39, 0.29) is 17.5 Å². The number of anilines is 1. The lowest BCUT2D eigenvalue weighted by Crippen LogP contribution is -2.38. The van der Waals surface area contributed by atoms with Crippen molar-refractivity contribution < 1.29 is 9.18 Å². The number of hydrogen-bond acceptors (Lipinski definition) is 2. The minimum atomic E-state index is -0.476. The molecule has 1 aromatic rings. The Morgan fingerprint density at radius 1 is 1.44 bits per heavy atom. The third kappa shape index (κ3) is 3.00. The first-order chi connectivity index (χ1) is 8.38. The molecule has 0 radical (unpaired) electrons. The van der Waals surface area contributed by atoms with Gasteiger partial charge >= 0.3 is 0 Å². The van der Waals surface area contributed by atoms with Crippen LogP contribution < -0.4 is 5.73 Å². The van der Waals surface area contributed by atoms with Crippen molar-refractivity contribution in [2.75, 3.05) is 12.3 Å². The van der Waals surface area contributed by atoms with Crippen LogP contribution in [0.5, 0.6) is 0 Å². The van der Waals surface area contributed by atoms with Crippen molar-refractivity contribution in [2.45, 2.75) is 40.2 Å². The van der Waals surface area contributed by atoms with Crippen molar-refractivity contribution in [3.63, 3.8) is 0 Å². The largest absolute Gasteiger partial charge is 0.399 e. The van der Waals surface area contributed by atoms with Crippen LogP contribution in [0.15, 0.2) is 12.1 Å². The van der Waals surface area contributed by atoms with Gasteiger partial charge in [-0.3, -0.25) is 4.79 Å². The van der Waals surface area contributed by atoms with Gasteiger partial charge in [-0.25, -0.2) is 4.39 Å². The number of aryl methyl sites for hydroxylation is 1. The fourth-order valence-corrected chi connectivity index (χ4v) is 1.94. The van der Waals surface area contributed by atoms with Gasteiger partial charge in [0.15, 0.2) is 0 Å². The molecule has 0 bridgehead atoms. The van der Waals surface area contributed by atoms with E-state index in [0.717, 1.165) is 6.42 Å². The molecule has 1 rings (SSSR count). The molecule has 1 aromatic carbocycles. The third-order valence-electron chi connectivity index (χ3n) is 2.86. The summed E-state index contributed by atoms with van der Waals surface area (Å²) in [6.45, 7) is 8.06. The summed E-state index contributed by atoms with van der Waals surface area (Å²) in [6, 6.07) is 2.99. The number of rotatable bonds is 4. The lowest BCUT2D eigenvalue weighted by molar-refractivity contribution is 0.0701. The van der Waals surface area contributed by atoms with E-state index in [9.17, 15) is 9.18 Å². The zero-order valence-corrected chi connectivity index (χ0v) is 11.5. The van der Waals surface area contributed by atoms with E-state index in [1.165, 1.54) is 12.1 Å². The molecule has 0 spiro atoms. The number of hydrogen-bond donors (Lipinski definition) is 1. The molecule has 0 saturated carbocycles. The minimum absolute atomic E-state index is 0.0404. The lowest BCUT2D eigenvalue weighted by Gasteiger charge is -2.26. The van der Waals surface area contributed by atoms with Gasteiger partial charge in [0.2, 0.25) is 0 Å². The van der Waals surface area contributed by atoms with E-state index in [1.807, 2.05) is 20.8 Å². The molecule has 0 aromatic heterocycles. The molecule has 0 heterocycles. The van der Waals surface area contributed by atoms with E-state index in [4.69, 9.17) is 5.73 Å². The topological polar surface area (TPSA) is 46.3 Å². The Morgan fingerprint density at radius 3 is 2.56 bits per heavy atom. The van der Waals surface area contributed by atoms with Crippen LogP contribution in [0.3, 0.4) is 0 Å². The molecule has 100 valence electrons. The van der Waals surface area contributed by atoms with Crippen molar-refractivity contribution in [1.82, 2.24) is 4.90 Å². The highest BCUT2D eigenvalue weighted by molar-refractivity contribution is 5.95. The first kappa shape index (κ1) is 14.5. The Balaban J connectivity index is 3.16. The Kier molecular flexibility index (Phi) is 4.70. The van der Waals surface area contributed by atoms with Crippen LogP contribution in [0.4, 0.5) is 10.1 Å². The zero-order chi connectivity index (χ0) is 13.9. The first-order valence-electron chi connectivity index (χ1n) is 6.25. The van der Waals surface area contributed by atoms with E-state index in [2.05, 4.69) is 0 Å². The molecule has 0 unspecified atom stereocenters. The normalized spacial score (nSPS) is 10.8. The van der Waals surface area contributed by atoms with Crippen LogP contribution in [-0.4, -0.2) is 23.4 Å². The van der Waals surface area contributed by atoms with E-state index in [0.29, 0.717) is 17.8 Å². The van der Waals surface area contributed by atoms with Gasteiger partial charge in [0.1, 0.15) is 5.82 Å². The summed E-state index contributed by atoms with van der Waals surface area (Å²) < 4.78 is 14.0. The lowest BCUT2D eigenvalue weighted by atomic mass is 10.1. The number of halogens is 1. The van der Waals surface area contributed by atoms with Crippen LogP contribution in [-0.2, 0) is 0 Å². The smallest absolute Gasteiger partial charge is 0.257 e. The summed E-state index contributed by atoms with van der Waals surface area (Å²) in [5.41, 5.74) is 6.56. The second kappa shape index (κ2) is 5.85. The number of carbonyl (C=O) groups is 1. The number of carbonyl (C=O) groups excluding carboxylic acids is 1. The standard InChI is InChI=1S/C14H21FN2O/c1-5-6-17(9(2)3)14(18)12-8-11(16)7-10(4)13(12)15/h7-9H,5-6,16H2,1-4H3. The molecule has 0 aliphatic carbocycles. The fourth-order valence-electron chi connectivity index (χ4n) is 1.94. The number of nitrogen functional groups attached to an aromatic ring is 1. The number of benzene rings is 1.